The van der Waals surface area contributed by atoms with E-state index in [2.05, 4.69) is 68.8 Å². The summed E-state index contributed by atoms with van der Waals surface area (Å²) in [6, 6.07) is 6.23. The number of nitrogens with zero attached hydrogens (tertiary/aromatic N) is 2. The van der Waals surface area contributed by atoms with Crippen molar-refractivity contribution in [1.82, 2.24) is 9.55 Å². The Bertz CT molecular complexity index is 854. The fraction of sp³-hybridized carbons (Fsp3) is 0.611. The smallest absolute Gasteiger partial charge is 0.488 e. The highest BCUT2D eigenvalue weighted by atomic mass is 127. The van der Waals surface area contributed by atoms with Crippen LogP contribution in [-0.4, -0.2) is 33.5 Å². The molecule has 0 N–H and O–H groups in total. The third-order valence-corrected chi connectivity index (χ3v) is 7.89. The minimum atomic E-state index is -0.460. The van der Waals surface area contributed by atoms with Crippen LogP contribution in [0.3, 0.4) is 0 Å². The molecule has 2 atom stereocenters. The second-order valence-corrected chi connectivity index (χ2v) is 10.3. The molecular formula is C18H25BIN2O3P. The van der Waals surface area contributed by atoms with Crippen molar-refractivity contribution in [2.75, 3.05) is 0 Å². The predicted molar refractivity (Wildman–Crippen MR) is 116 cm³/mol. The molecule has 1 aliphatic heterocycles. The Hall–Kier alpha value is -0.365. The van der Waals surface area contributed by atoms with Crippen molar-refractivity contribution in [2.24, 2.45) is 0 Å². The van der Waals surface area contributed by atoms with Crippen LogP contribution in [0.4, 0.5) is 0 Å². The molecule has 2 heterocycles. The molecular weight excluding hydrogens is 461 g/mol. The lowest BCUT2D eigenvalue weighted by Crippen LogP contribution is -2.44. The van der Waals surface area contributed by atoms with Gasteiger partial charge in [-0.2, -0.15) is 5.10 Å². The first-order valence-corrected chi connectivity index (χ1v) is 13.2. The molecule has 140 valence electrons. The van der Waals surface area contributed by atoms with Crippen LogP contribution >= 0.6 is 28.4 Å². The van der Waals surface area contributed by atoms with Crippen molar-refractivity contribution in [3.63, 3.8) is 0 Å². The summed E-state index contributed by atoms with van der Waals surface area (Å²) in [5, 5.41) is 5.88. The van der Waals surface area contributed by atoms with Gasteiger partial charge in [-0.3, -0.25) is 0 Å². The van der Waals surface area contributed by atoms with E-state index in [1.807, 2.05) is 10.5 Å². The first-order valence-electron chi connectivity index (χ1n) is 9.14. The van der Waals surface area contributed by atoms with Gasteiger partial charge in [0.2, 0.25) is 0 Å². The van der Waals surface area contributed by atoms with Crippen molar-refractivity contribution in [1.29, 1.82) is 0 Å². The van der Waals surface area contributed by atoms with E-state index in [9.17, 15) is 0 Å². The molecule has 8 heteroatoms. The van der Waals surface area contributed by atoms with Gasteiger partial charge in [-0.1, -0.05) is 6.92 Å². The Morgan fingerprint density at radius 1 is 1.27 bits per heavy atom. The molecule has 1 saturated carbocycles. The van der Waals surface area contributed by atoms with Crippen LogP contribution in [-0.2, 0) is 9.31 Å². The highest BCUT2D eigenvalue weighted by Crippen LogP contribution is 2.42. The normalized spacial score (nSPS) is 26.9. The van der Waals surface area contributed by atoms with E-state index in [-0.39, 0.29) is 16.8 Å². The Balaban J connectivity index is 1.75. The van der Waals surface area contributed by atoms with Gasteiger partial charge in [0.15, 0.2) is 0 Å². The summed E-state index contributed by atoms with van der Waals surface area (Å²) in [6.07, 6.45) is 3.63. The summed E-state index contributed by atoms with van der Waals surface area (Å²) >= 11 is 2.36. The molecule has 2 fully saturated rings. The fourth-order valence-electron chi connectivity index (χ4n) is 3.40. The lowest BCUT2D eigenvalue weighted by Gasteiger charge is -2.35. The van der Waals surface area contributed by atoms with Gasteiger partial charge in [-0.15, -0.1) is 0 Å². The van der Waals surface area contributed by atoms with E-state index >= 15 is 0 Å². The third-order valence-electron chi connectivity index (χ3n) is 6.02. The van der Waals surface area contributed by atoms with E-state index < -0.39 is 7.12 Å². The minimum absolute atomic E-state index is 0.00200. The SMILES string of the molecule is CCC1(C)OB(c2nn(PI)c3ccc(OC4(C)CC4)cc23)OC1(C)C. The average molecular weight is 486 g/mol. The summed E-state index contributed by atoms with van der Waals surface area (Å²) in [5.74, 6) is 0.894. The molecule has 4 rings (SSSR count). The molecule has 5 nitrogen and oxygen atoms in total. The second-order valence-electron chi connectivity index (χ2n) is 8.27. The maximum Gasteiger partial charge on any atom is 0.517 e. The molecule has 0 amide bonds. The van der Waals surface area contributed by atoms with Crippen molar-refractivity contribution < 1.29 is 14.0 Å². The molecule has 1 aromatic carbocycles. The van der Waals surface area contributed by atoms with Gasteiger partial charge >= 0.3 is 7.12 Å². The largest absolute Gasteiger partial charge is 0.517 e. The van der Waals surface area contributed by atoms with Crippen LogP contribution in [0.25, 0.3) is 10.9 Å². The van der Waals surface area contributed by atoms with Crippen molar-refractivity contribution in [3.8, 4) is 5.75 Å². The number of hydrogen-bond acceptors (Lipinski definition) is 4. The summed E-state index contributed by atoms with van der Waals surface area (Å²) < 4.78 is 20.9. The van der Waals surface area contributed by atoms with E-state index in [4.69, 9.17) is 19.1 Å². The van der Waals surface area contributed by atoms with Crippen LogP contribution in [0.5, 0.6) is 5.75 Å². The van der Waals surface area contributed by atoms with E-state index in [0.717, 1.165) is 41.5 Å². The van der Waals surface area contributed by atoms with Gasteiger partial charge in [-0.05, 0) is 87.2 Å². The lowest BCUT2D eigenvalue weighted by molar-refractivity contribution is -0.0118. The van der Waals surface area contributed by atoms with E-state index in [0.29, 0.717) is 6.37 Å². The zero-order valence-corrected chi connectivity index (χ0v) is 19.1. The van der Waals surface area contributed by atoms with E-state index in [1.165, 1.54) is 0 Å². The molecule has 1 aliphatic carbocycles. The number of fused-ring (bicyclic) bond motifs is 1. The number of halogens is 1. The van der Waals surface area contributed by atoms with Gasteiger partial charge in [0.1, 0.15) is 16.9 Å². The number of ether oxygens (including phenoxy) is 1. The summed E-state index contributed by atoms with van der Waals surface area (Å²) in [6.45, 7) is 10.6. The summed E-state index contributed by atoms with van der Waals surface area (Å²) in [7, 11) is -0.460. The number of aromatic nitrogens is 2. The van der Waals surface area contributed by atoms with Crippen LogP contribution in [0.15, 0.2) is 18.2 Å². The monoisotopic (exact) mass is 486 g/mol. The highest BCUT2D eigenvalue weighted by molar-refractivity contribution is 14.2. The first kappa shape index (κ1) is 19.0. The van der Waals surface area contributed by atoms with Crippen molar-refractivity contribution in [3.05, 3.63) is 18.2 Å². The van der Waals surface area contributed by atoms with Gasteiger partial charge in [-0.25, -0.2) is 4.45 Å². The lowest BCUT2D eigenvalue weighted by atomic mass is 9.82. The highest BCUT2D eigenvalue weighted by Gasteiger charge is 2.55. The summed E-state index contributed by atoms with van der Waals surface area (Å²) in [4.78, 5) is 0. The standard InChI is InChI=1S/C18H25BIN2O3P/c1-6-18(5)16(2,3)24-19(25-18)15-13-11-12(23-17(4)9-10-17)7-8-14(13)22(21-15)26-20/h7-8,11,26H,6,9-10H2,1-5H3. The third kappa shape index (κ3) is 3.09. The number of hydrogen-bond donors (Lipinski definition) is 0. The van der Waals surface area contributed by atoms with Gasteiger partial charge in [0.25, 0.3) is 0 Å². The molecule has 2 aliphatic rings. The van der Waals surface area contributed by atoms with Crippen LogP contribution in [0.2, 0.25) is 0 Å². The Labute approximate surface area is 170 Å². The average Bonchev–Trinajstić information content (AvgIpc) is 3.11. The quantitative estimate of drug-likeness (QED) is 0.356. The number of benzene rings is 1. The minimum Gasteiger partial charge on any atom is -0.488 e. The molecule has 2 aromatic rings. The van der Waals surface area contributed by atoms with Gasteiger partial charge in [0.05, 0.1) is 23.1 Å². The Morgan fingerprint density at radius 2 is 2.00 bits per heavy atom. The van der Waals surface area contributed by atoms with Crippen molar-refractivity contribution >= 4 is 52.0 Å². The number of rotatable bonds is 5. The fourth-order valence-corrected chi connectivity index (χ4v) is 4.94. The maximum atomic E-state index is 6.38. The first-order chi connectivity index (χ1) is 12.2. The summed E-state index contributed by atoms with van der Waals surface area (Å²) in [5.41, 5.74) is 1.23. The van der Waals surface area contributed by atoms with Gasteiger partial charge < -0.3 is 14.0 Å². The Morgan fingerprint density at radius 3 is 2.58 bits per heavy atom. The van der Waals surface area contributed by atoms with Crippen LogP contribution in [0.1, 0.15) is 53.9 Å². The predicted octanol–water partition coefficient (Wildman–Crippen LogP) is 4.45. The van der Waals surface area contributed by atoms with Crippen molar-refractivity contribution in [2.45, 2.75) is 70.7 Å². The molecule has 2 unspecified atom stereocenters. The van der Waals surface area contributed by atoms with E-state index in [1.54, 1.807) is 0 Å². The zero-order valence-electron chi connectivity index (χ0n) is 15.9. The Kier molecular flexibility index (Phi) is 4.62. The van der Waals surface area contributed by atoms with Gasteiger partial charge in [0, 0.05) is 5.39 Å². The molecule has 0 spiro atoms. The second kappa shape index (κ2) is 6.33. The molecule has 1 aromatic heterocycles. The van der Waals surface area contributed by atoms with Crippen LogP contribution in [0, 0.1) is 0 Å². The van der Waals surface area contributed by atoms with Crippen LogP contribution < -0.4 is 10.3 Å². The molecule has 26 heavy (non-hydrogen) atoms. The maximum absolute atomic E-state index is 6.38. The zero-order chi connectivity index (χ0) is 18.7. The molecule has 0 bridgehead atoms. The topological polar surface area (TPSA) is 45.5 Å². The molecule has 0 radical (unpaired) electrons. The molecule has 1 saturated heterocycles.